The van der Waals surface area contributed by atoms with Gasteiger partial charge in [0.25, 0.3) is 0 Å². The molecule has 0 N–H and O–H groups in total. The van der Waals surface area contributed by atoms with Crippen LogP contribution < -0.4 is 0 Å². The summed E-state index contributed by atoms with van der Waals surface area (Å²) in [5.41, 5.74) is 4.78. The highest BCUT2D eigenvalue weighted by Gasteiger charge is 2.36. The van der Waals surface area contributed by atoms with E-state index in [1.54, 1.807) is 0 Å². The van der Waals surface area contributed by atoms with Crippen LogP contribution >= 0.6 is 0 Å². The Morgan fingerprint density at radius 2 is 1.67 bits per heavy atom. The molecular weight excluding hydrogens is 324 g/mol. The van der Waals surface area contributed by atoms with Gasteiger partial charge < -0.3 is 4.43 Å². The molecule has 0 unspecified atom stereocenters. The van der Waals surface area contributed by atoms with Crippen LogP contribution in [0, 0.1) is 11.5 Å². The van der Waals surface area contributed by atoms with Gasteiger partial charge in [-0.1, -0.05) is 64.9 Å². The number of allylic oxidation sites excluding steroid dienone is 3. The summed E-state index contributed by atoms with van der Waals surface area (Å²) in [5.74, 6) is 3.43. The monoisotopic (exact) mass is 364 g/mol. The number of rotatable bonds is 9. The average molecular weight is 365 g/mol. The van der Waals surface area contributed by atoms with Crippen molar-refractivity contribution >= 4 is 16.4 Å². The molecule has 0 atom stereocenters. The smallest absolute Gasteiger partial charge is 0.191 e. The third-order valence-corrected chi connectivity index (χ3v) is 9.90. The summed E-state index contributed by atoms with van der Waals surface area (Å²) in [7, 11) is -2.88. The largest absolute Gasteiger partial charge is 0.417 e. The average Bonchev–Trinajstić information content (AvgIpc) is 2.42. The number of hydrogen-bond donors (Lipinski definition) is 0. The van der Waals surface area contributed by atoms with Crippen LogP contribution in [0.25, 0.3) is 0 Å². The Kier molecular flexibility index (Phi) is 10.2. The fourth-order valence-corrected chi connectivity index (χ4v) is 3.47. The highest BCUT2D eigenvalue weighted by Crippen LogP contribution is 2.36. The first-order valence-corrected chi connectivity index (χ1v) is 15.8. The molecule has 0 saturated heterocycles. The molecule has 0 aromatic rings. The van der Waals surface area contributed by atoms with Gasteiger partial charge in [-0.25, -0.2) is 0 Å². The van der Waals surface area contributed by atoms with Crippen molar-refractivity contribution in [2.45, 2.75) is 90.6 Å². The lowest BCUT2D eigenvalue weighted by atomic mass is 10.1. The molecule has 0 heterocycles. The van der Waals surface area contributed by atoms with Crippen molar-refractivity contribution in [2.24, 2.45) is 0 Å². The van der Waals surface area contributed by atoms with Crippen molar-refractivity contribution in [2.75, 3.05) is 6.61 Å². The molecule has 0 rings (SSSR count). The summed E-state index contributed by atoms with van der Waals surface area (Å²) in [4.78, 5) is 0. The Morgan fingerprint density at radius 3 is 2.17 bits per heavy atom. The molecule has 0 radical (unpaired) electrons. The lowest BCUT2D eigenvalue weighted by molar-refractivity contribution is 0.278. The molecule has 138 valence electrons. The van der Waals surface area contributed by atoms with Crippen LogP contribution in [0.5, 0.6) is 0 Å². The second-order valence-electron chi connectivity index (χ2n) is 9.17. The summed E-state index contributed by atoms with van der Waals surface area (Å²) < 4.78 is 6.25. The molecule has 0 aliphatic heterocycles. The molecule has 0 spiro atoms. The lowest BCUT2D eigenvalue weighted by Crippen LogP contribution is -2.40. The molecule has 0 aromatic heterocycles. The summed E-state index contributed by atoms with van der Waals surface area (Å²) in [6.07, 6.45) is 9.77. The van der Waals surface area contributed by atoms with Crippen LogP contribution in [-0.4, -0.2) is 23.0 Å². The molecule has 0 bridgehead atoms. The molecule has 3 heteroatoms. The molecule has 0 aliphatic rings. The van der Waals surface area contributed by atoms with Gasteiger partial charge in [0.15, 0.2) is 8.32 Å². The Hall–Kier alpha value is -0.566. The van der Waals surface area contributed by atoms with Gasteiger partial charge in [-0.3, -0.25) is 0 Å². The minimum absolute atomic E-state index is 0.306. The maximum atomic E-state index is 6.25. The standard InChI is InChI=1S/C21H40OSi2/c1-10-11-15-20(17-19-23(5,6)7)16-13-12-14-18-22-24(8,9)21(2,3)4/h10,15H,1,11-14,16,18H2,2-9H3/b20-15-. The zero-order valence-corrected chi connectivity index (χ0v) is 19.5. The number of hydrogen-bond acceptors (Lipinski definition) is 1. The third kappa shape index (κ3) is 11.1. The molecule has 24 heavy (non-hydrogen) atoms. The lowest BCUT2D eigenvalue weighted by Gasteiger charge is -2.36. The Balaban J connectivity index is 4.26. The summed E-state index contributed by atoms with van der Waals surface area (Å²) in [5, 5.41) is 0.306. The van der Waals surface area contributed by atoms with E-state index in [-0.39, 0.29) is 0 Å². The molecule has 0 fully saturated rings. The fourth-order valence-electron chi connectivity index (χ4n) is 1.85. The van der Waals surface area contributed by atoms with Crippen LogP contribution in [0.2, 0.25) is 37.8 Å². The van der Waals surface area contributed by atoms with Crippen LogP contribution in [0.15, 0.2) is 24.3 Å². The molecule has 0 saturated carbocycles. The van der Waals surface area contributed by atoms with Gasteiger partial charge in [-0.05, 0) is 49.4 Å². The second-order valence-corrected chi connectivity index (χ2v) is 18.7. The van der Waals surface area contributed by atoms with Gasteiger partial charge >= 0.3 is 0 Å². The van der Waals surface area contributed by atoms with E-state index in [2.05, 4.69) is 77.6 Å². The zero-order chi connectivity index (χ0) is 18.9. The quantitative estimate of drug-likeness (QED) is 0.186. The summed E-state index contributed by atoms with van der Waals surface area (Å²) in [6, 6.07) is 0. The van der Waals surface area contributed by atoms with Crippen LogP contribution in [-0.2, 0) is 4.43 Å². The van der Waals surface area contributed by atoms with Crippen molar-refractivity contribution in [3.63, 3.8) is 0 Å². The van der Waals surface area contributed by atoms with Gasteiger partial charge in [-0.2, -0.15) is 0 Å². The van der Waals surface area contributed by atoms with E-state index in [4.69, 9.17) is 4.43 Å². The minimum atomic E-state index is -1.58. The molecular formula is C21H40OSi2. The molecule has 0 aromatic carbocycles. The third-order valence-electron chi connectivity index (χ3n) is 4.49. The maximum absolute atomic E-state index is 6.25. The van der Waals surface area contributed by atoms with E-state index in [9.17, 15) is 0 Å². The Bertz CT molecular complexity index is 465. The molecule has 0 aliphatic carbocycles. The highest BCUT2D eigenvalue weighted by atomic mass is 28.4. The van der Waals surface area contributed by atoms with Crippen molar-refractivity contribution in [1.82, 2.24) is 0 Å². The second kappa shape index (κ2) is 10.4. The first kappa shape index (κ1) is 23.4. The fraction of sp³-hybridized carbons (Fsp3) is 0.714. The van der Waals surface area contributed by atoms with E-state index >= 15 is 0 Å². The van der Waals surface area contributed by atoms with E-state index in [0.29, 0.717) is 5.04 Å². The van der Waals surface area contributed by atoms with Gasteiger partial charge in [0.1, 0.15) is 8.07 Å². The predicted octanol–water partition coefficient (Wildman–Crippen LogP) is 6.95. The van der Waals surface area contributed by atoms with Crippen LogP contribution in [0.3, 0.4) is 0 Å². The van der Waals surface area contributed by atoms with Gasteiger partial charge in [-0.15, -0.1) is 12.1 Å². The van der Waals surface area contributed by atoms with E-state index < -0.39 is 16.4 Å². The normalized spacial score (nSPS) is 13.4. The minimum Gasteiger partial charge on any atom is -0.417 e. The maximum Gasteiger partial charge on any atom is 0.191 e. The Morgan fingerprint density at radius 1 is 1.04 bits per heavy atom. The Labute approximate surface area is 154 Å². The van der Waals surface area contributed by atoms with Gasteiger partial charge in [0, 0.05) is 6.61 Å². The van der Waals surface area contributed by atoms with Gasteiger partial charge in [0.2, 0.25) is 0 Å². The first-order chi connectivity index (χ1) is 10.9. The highest BCUT2D eigenvalue weighted by molar-refractivity contribution is 6.83. The molecule has 1 nitrogen and oxygen atoms in total. The van der Waals surface area contributed by atoms with Crippen LogP contribution in [0.4, 0.5) is 0 Å². The topological polar surface area (TPSA) is 9.23 Å². The van der Waals surface area contributed by atoms with Crippen molar-refractivity contribution in [1.29, 1.82) is 0 Å². The number of unbranched alkanes of at least 4 members (excludes halogenated alkanes) is 2. The van der Waals surface area contributed by atoms with Crippen LogP contribution in [0.1, 0.15) is 52.9 Å². The van der Waals surface area contributed by atoms with E-state index in [1.807, 2.05) is 6.08 Å². The SMILES string of the molecule is C=CC/C=C(\C#C[Si](C)(C)C)CCCCCO[Si](C)(C)C(C)(C)C. The molecule has 0 amide bonds. The summed E-state index contributed by atoms with van der Waals surface area (Å²) >= 11 is 0. The van der Waals surface area contributed by atoms with Crippen molar-refractivity contribution < 1.29 is 4.43 Å². The predicted molar refractivity (Wildman–Crippen MR) is 116 cm³/mol. The first-order valence-electron chi connectivity index (χ1n) is 9.36. The summed E-state index contributed by atoms with van der Waals surface area (Å²) in [6.45, 7) is 23.2. The zero-order valence-electron chi connectivity index (χ0n) is 17.5. The van der Waals surface area contributed by atoms with Gasteiger partial charge in [0.05, 0.1) is 0 Å². The van der Waals surface area contributed by atoms with E-state index in [0.717, 1.165) is 25.9 Å². The van der Waals surface area contributed by atoms with Crippen molar-refractivity contribution in [3.05, 3.63) is 24.3 Å². The van der Waals surface area contributed by atoms with E-state index in [1.165, 1.54) is 18.4 Å². The van der Waals surface area contributed by atoms with Crippen molar-refractivity contribution in [3.8, 4) is 11.5 Å².